The van der Waals surface area contributed by atoms with Gasteiger partial charge in [-0.05, 0) is 48.9 Å². The van der Waals surface area contributed by atoms with E-state index in [1.54, 1.807) is 42.5 Å². The molecule has 0 aliphatic carbocycles. The lowest BCUT2D eigenvalue weighted by molar-refractivity contribution is 0.101. The van der Waals surface area contributed by atoms with Crippen LogP contribution in [0.15, 0.2) is 64.8 Å². The van der Waals surface area contributed by atoms with Gasteiger partial charge in [-0.3, -0.25) is 4.79 Å². The van der Waals surface area contributed by atoms with Crippen LogP contribution >= 0.6 is 0 Å². The number of hydrogen-bond donors (Lipinski definition) is 0. The summed E-state index contributed by atoms with van der Waals surface area (Å²) in [4.78, 5) is 12.4. The summed E-state index contributed by atoms with van der Waals surface area (Å²) in [7, 11) is 0. The molecular weight excluding hydrogens is 335 g/mol. The van der Waals surface area contributed by atoms with Crippen LogP contribution < -0.4 is 9.47 Å². The third-order valence-corrected chi connectivity index (χ3v) is 3.99. The van der Waals surface area contributed by atoms with E-state index in [1.807, 2.05) is 13.0 Å². The van der Waals surface area contributed by atoms with Crippen LogP contribution in [0.25, 0.3) is 6.08 Å². The van der Waals surface area contributed by atoms with E-state index in [-0.39, 0.29) is 17.4 Å². The monoisotopic (exact) mass is 350 g/mol. The molecule has 1 aliphatic rings. The first kappa shape index (κ1) is 16.1. The van der Waals surface area contributed by atoms with E-state index in [0.29, 0.717) is 29.4 Å². The SMILES string of the molecule is Cc1ccc(C=C2Oc3cc(OCc4ccc(F)cc4)ccc3C2=O)o1. The predicted octanol–water partition coefficient (Wildman–Crippen LogP) is 4.92. The number of rotatable bonds is 4. The molecule has 5 heteroatoms. The number of carbonyl (C=O) groups is 1. The first-order valence-electron chi connectivity index (χ1n) is 8.10. The van der Waals surface area contributed by atoms with Gasteiger partial charge < -0.3 is 13.9 Å². The van der Waals surface area contributed by atoms with Crippen LogP contribution in [0.2, 0.25) is 0 Å². The van der Waals surface area contributed by atoms with E-state index in [4.69, 9.17) is 13.9 Å². The van der Waals surface area contributed by atoms with Gasteiger partial charge in [0.05, 0.1) is 5.56 Å². The molecule has 0 unspecified atom stereocenters. The van der Waals surface area contributed by atoms with Crippen molar-refractivity contribution >= 4 is 11.9 Å². The third-order valence-electron chi connectivity index (χ3n) is 3.99. The second-order valence-electron chi connectivity index (χ2n) is 5.96. The van der Waals surface area contributed by atoms with E-state index in [2.05, 4.69) is 0 Å². The molecule has 26 heavy (non-hydrogen) atoms. The lowest BCUT2D eigenvalue weighted by atomic mass is 10.1. The minimum absolute atomic E-state index is 0.195. The molecular formula is C21H15FO4. The van der Waals surface area contributed by atoms with Crippen molar-refractivity contribution in [2.24, 2.45) is 0 Å². The number of ether oxygens (including phenoxy) is 2. The average Bonchev–Trinajstić information content (AvgIpc) is 3.18. The van der Waals surface area contributed by atoms with Gasteiger partial charge in [0, 0.05) is 12.1 Å². The second-order valence-corrected chi connectivity index (χ2v) is 5.96. The van der Waals surface area contributed by atoms with Crippen molar-refractivity contribution in [1.82, 2.24) is 0 Å². The normalized spacial score (nSPS) is 14.4. The summed E-state index contributed by atoms with van der Waals surface area (Å²) in [6.45, 7) is 2.13. The zero-order valence-electron chi connectivity index (χ0n) is 14.0. The molecule has 0 N–H and O–H groups in total. The summed E-state index contributed by atoms with van der Waals surface area (Å²) < 4.78 is 29.7. The highest BCUT2D eigenvalue weighted by Crippen LogP contribution is 2.35. The fraction of sp³-hybridized carbons (Fsp3) is 0.0952. The van der Waals surface area contributed by atoms with Gasteiger partial charge in [0.2, 0.25) is 5.78 Å². The topological polar surface area (TPSA) is 48.7 Å². The fourth-order valence-corrected chi connectivity index (χ4v) is 2.66. The lowest BCUT2D eigenvalue weighted by Crippen LogP contribution is -1.97. The summed E-state index contributed by atoms with van der Waals surface area (Å²) in [6.07, 6.45) is 1.58. The van der Waals surface area contributed by atoms with E-state index >= 15 is 0 Å². The molecule has 4 rings (SSSR count). The van der Waals surface area contributed by atoms with Gasteiger partial charge in [-0.2, -0.15) is 0 Å². The van der Waals surface area contributed by atoms with E-state index in [0.717, 1.165) is 11.3 Å². The van der Waals surface area contributed by atoms with Crippen LogP contribution in [0.3, 0.4) is 0 Å². The number of ketones is 1. The summed E-state index contributed by atoms with van der Waals surface area (Å²) >= 11 is 0. The van der Waals surface area contributed by atoms with E-state index in [9.17, 15) is 9.18 Å². The van der Waals surface area contributed by atoms with Gasteiger partial charge in [0.1, 0.15) is 35.4 Å². The number of fused-ring (bicyclic) bond motifs is 1. The number of carbonyl (C=O) groups excluding carboxylic acids is 1. The van der Waals surface area contributed by atoms with Crippen molar-refractivity contribution in [2.45, 2.75) is 13.5 Å². The Bertz CT molecular complexity index is 999. The van der Waals surface area contributed by atoms with Gasteiger partial charge in [-0.1, -0.05) is 12.1 Å². The Hall–Kier alpha value is -3.34. The lowest BCUT2D eigenvalue weighted by Gasteiger charge is -2.07. The number of benzene rings is 2. The van der Waals surface area contributed by atoms with Gasteiger partial charge in [0.15, 0.2) is 5.76 Å². The Labute approximate surface area is 149 Å². The summed E-state index contributed by atoms with van der Waals surface area (Å²) in [6, 6.07) is 14.7. The first-order valence-corrected chi connectivity index (χ1v) is 8.10. The molecule has 0 spiro atoms. The zero-order valence-corrected chi connectivity index (χ0v) is 14.0. The molecule has 1 aliphatic heterocycles. The van der Waals surface area contributed by atoms with Crippen LogP contribution in [0.4, 0.5) is 4.39 Å². The average molecular weight is 350 g/mol. The Morgan fingerprint density at radius 1 is 1.08 bits per heavy atom. The Morgan fingerprint density at radius 2 is 1.88 bits per heavy atom. The van der Waals surface area contributed by atoms with Crippen molar-refractivity contribution in [3.8, 4) is 11.5 Å². The highest BCUT2D eigenvalue weighted by atomic mass is 19.1. The number of furan rings is 1. The molecule has 0 saturated carbocycles. The van der Waals surface area contributed by atoms with Crippen molar-refractivity contribution in [3.63, 3.8) is 0 Å². The number of halogens is 1. The number of hydrogen-bond acceptors (Lipinski definition) is 4. The van der Waals surface area contributed by atoms with E-state index in [1.165, 1.54) is 12.1 Å². The smallest absolute Gasteiger partial charge is 0.232 e. The molecule has 4 nitrogen and oxygen atoms in total. The summed E-state index contributed by atoms with van der Waals surface area (Å²) in [5.74, 6) is 2.06. The summed E-state index contributed by atoms with van der Waals surface area (Å²) in [5.41, 5.74) is 1.33. The van der Waals surface area contributed by atoms with E-state index < -0.39 is 0 Å². The molecule has 0 fully saturated rings. The maximum Gasteiger partial charge on any atom is 0.232 e. The third kappa shape index (κ3) is 3.24. The zero-order chi connectivity index (χ0) is 18.1. The molecule has 1 aromatic heterocycles. The predicted molar refractivity (Wildman–Crippen MR) is 93.6 cm³/mol. The molecule has 2 aromatic carbocycles. The molecule has 130 valence electrons. The van der Waals surface area contributed by atoms with Crippen molar-refractivity contribution in [1.29, 1.82) is 0 Å². The fourth-order valence-electron chi connectivity index (χ4n) is 2.66. The highest BCUT2D eigenvalue weighted by Gasteiger charge is 2.28. The second kappa shape index (κ2) is 6.52. The molecule has 2 heterocycles. The van der Waals surface area contributed by atoms with Crippen molar-refractivity contribution < 1.29 is 23.1 Å². The first-order chi connectivity index (χ1) is 12.6. The molecule has 3 aromatic rings. The maximum absolute atomic E-state index is 12.9. The van der Waals surface area contributed by atoms with Crippen LogP contribution in [-0.4, -0.2) is 5.78 Å². The van der Waals surface area contributed by atoms with Gasteiger partial charge in [-0.15, -0.1) is 0 Å². The number of aryl methyl sites for hydroxylation is 1. The van der Waals surface area contributed by atoms with Gasteiger partial charge >= 0.3 is 0 Å². The largest absolute Gasteiger partial charge is 0.489 e. The Morgan fingerprint density at radius 3 is 2.62 bits per heavy atom. The Kier molecular flexibility index (Phi) is 4.05. The number of Topliss-reactive ketones (excluding diaryl/α,β-unsaturated/α-hetero) is 1. The molecule has 0 radical (unpaired) electrons. The van der Waals surface area contributed by atoms with Crippen LogP contribution in [0.1, 0.15) is 27.4 Å². The summed E-state index contributed by atoms with van der Waals surface area (Å²) in [5, 5.41) is 0. The molecule has 0 atom stereocenters. The standard InChI is InChI=1S/C21H15FO4/c1-13-2-7-17(25-13)11-20-21(23)18-9-8-16(10-19(18)26-20)24-12-14-3-5-15(22)6-4-14/h2-11H,12H2,1H3. The Balaban J connectivity index is 1.50. The minimum atomic E-state index is -0.288. The van der Waals surface area contributed by atoms with Gasteiger partial charge in [0.25, 0.3) is 0 Å². The van der Waals surface area contributed by atoms with Gasteiger partial charge in [-0.25, -0.2) is 4.39 Å². The minimum Gasteiger partial charge on any atom is -0.489 e. The maximum atomic E-state index is 12.9. The highest BCUT2D eigenvalue weighted by molar-refractivity contribution is 6.14. The van der Waals surface area contributed by atoms with Crippen molar-refractivity contribution in [3.05, 3.63) is 88.8 Å². The molecule has 0 saturated heterocycles. The number of allylic oxidation sites excluding steroid dienone is 1. The van der Waals surface area contributed by atoms with Crippen LogP contribution in [0, 0.1) is 12.7 Å². The van der Waals surface area contributed by atoms with Crippen LogP contribution in [-0.2, 0) is 6.61 Å². The quantitative estimate of drug-likeness (QED) is 0.627. The molecule has 0 amide bonds. The van der Waals surface area contributed by atoms with Crippen LogP contribution in [0.5, 0.6) is 11.5 Å². The van der Waals surface area contributed by atoms with Crippen molar-refractivity contribution in [2.75, 3.05) is 0 Å². The molecule has 0 bridgehead atoms.